The predicted octanol–water partition coefficient (Wildman–Crippen LogP) is 1.27. The SMILES string of the molecule is CSC1CCCCC1NC(=O)C1(N)CC1. The Hall–Kier alpha value is -0.220. The minimum atomic E-state index is -0.513. The average molecular weight is 228 g/mol. The van der Waals surface area contributed by atoms with E-state index >= 15 is 0 Å². The van der Waals surface area contributed by atoms with Gasteiger partial charge in [-0.1, -0.05) is 12.8 Å². The van der Waals surface area contributed by atoms with Crippen LogP contribution in [0.3, 0.4) is 0 Å². The Morgan fingerprint density at radius 1 is 1.40 bits per heavy atom. The van der Waals surface area contributed by atoms with Crippen molar-refractivity contribution in [3.8, 4) is 0 Å². The van der Waals surface area contributed by atoms with E-state index in [2.05, 4.69) is 11.6 Å². The molecule has 2 unspecified atom stereocenters. The standard InChI is InChI=1S/C11H20N2OS/c1-15-9-5-3-2-4-8(9)13-10(14)11(12)6-7-11/h8-9H,2-7,12H2,1H3,(H,13,14). The monoisotopic (exact) mass is 228 g/mol. The zero-order chi connectivity index (χ0) is 10.9. The highest BCUT2D eigenvalue weighted by Gasteiger charge is 2.46. The summed E-state index contributed by atoms with van der Waals surface area (Å²) in [6, 6.07) is 0.349. The van der Waals surface area contributed by atoms with E-state index in [-0.39, 0.29) is 5.91 Å². The lowest BCUT2D eigenvalue weighted by Gasteiger charge is -2.31. The lowest BCUT2D eigenvalue weighted by molar-refractivity contribution is -0.124. The molecule has 4 heteroatoms. The number of nitrogens with two attached hydrogens (primary N) is 1. The Morgan fingerprint density at radius 3 is 2.67 bits per heavy atom. The Kier molecular flexibility index (Phi) is 3.26. The topological polar surface area (TPSA) is 55.1 Å². The van der Waals surface area contributed by atoms with Crippen molar-refractivity contribution >= 4 is 17.7 Å². The Bertz CT molecular complexity index is 253. The van der Waals surface area contributed by atoms with Gasteiger partial charge < -0.3 is 11.1 Å². The lowest BCUT2D eigenvalue weighted by atomic mass is 9.94. The number of amides is 1. The van der Waals surface area contributed by atoms with Crippen LogP contribution in [0.4, 0.5) is 0 Å². The van der Waals surface area contributed by atoms with Crippen molar-refractivity contribution in [1.82, 2.24) is 5.32 Å². The summed E-state index contributed by atoms with van der Waals surface area (Å²) in [5.41, 5.74) is 5.36. The molecule has 1 amide bonds. The van der Waals surface area contributed by atoms with E-state index in [0.717, 1.165) is 19.3 Å². The molecule has 0 saturated heterocycles. The van der Waals surface area contributed by atoms with Gasteiger partial charge in [-0.2, -0.15) is 11.8 Å². The van der Waals surface area contributed by atoms with Gasteiger partial charge in [0.25, 0.3) is 0 Å². The van der Waals surface area contributed by atoms with Gasteiger partial charge in [-0.05, 0) is 31.9 Å². The molecule has 0 aromatic heterocycles. The van der Waals surface area contributed by atoms with Gasteiger partial charge in [-0.15, -0.1) is 0 Å². The second-order valence-electron chi connectivity index (χ2n) is 4.79. The van der Waals surface area contributed by atoms with Crippen LogP contribution < -0.4 is 11.1 Å². The van der Waals surface area contributed by atoms with Crippen LogP contribution in [0, 0.1) is 0 Å². The summed E-state index contributed by atoms with van der Waals surface area (Å²) in [6.07, 6.45) is 8.72. The van der Waals surface area contributed by atoms with Gasteiger partial charge in [0.1, 0.15) is 0 Å². The van der Waals surface area contributed by atoms with E-state index in [4.69, 9.17) is 5.73 Å². The Labute approximate surface area is 95.6 Å². The first-order valence-electron chi connectivity index (χ1n) is 5.78. The summed E-state index contributed by atoms with van der Waals surface area (Å²) in [5, 5.41) is 3.73. The summed E-state index contributed by atoms with van der Waals surface area (Å²) in [6.45, 7) is 0. The van der Waals surface area contributed by atoms with Crippen molar-refractivity contribution in [3.05, 3.63) is 0 Å². The summed E-state index contributed by atoms with van der Waals surface area (Å²) >= 11 is 1.87. The molecule has 0 bridgehead atoms. The van der Waals surface area contributed by atoms with Gasteiger partial charge in [0, 0.05) is 11.3 Å². The van der Waals surface area contributed by atoms with Crippen LogP contribution in [0.5, 0.6) is 0 Å². The van der Waals surface area contributed by atoms with Crippen molar-refractivity contribution in [2.45, 2.75) is 55.4 Å². The Morgan fingerprint density at radius 2 is 2.07 bits per heavy atom. The minimum Gasteiger partial charge on any atom is -0.351 e. The van der Waals surface area contributed by atoms with E-state index in [0.29, 0.717) is 11.3 Å². The van der Waals surface area contributed by atoms with Crippen molar-refractivity contribution in [1.29, 1.82) is 0 Å². The fraction of sp³-hybridized carbons (Fsp3) is 0.909. The highest BCUT2D eigenvalue weighted by atomic mass is 32.2. The average Bonchev–Trinajstić information content (AvgIpc) is 2.99. The quantitative estimate of drug-likeness (QED) is 0.765. The van der Waals surface area contributed by atoms with Crippen LogP contribution in [0.2, 0.25) is 0 Å². The molecule has 3 nitrogen and oxygen atoms in total. The maximum Gasteiger partial charge on any atom is 0.240 e. The third-order valence-corrected chi connectivity index (χ3v) is 4.73. The molecular formula is C11H20N2OS. The van der Waals surface area contributed by atoms with Crippen molar-refractivity contribution in [2.75, 3.05) is 6.26 Å². The first-order valence-corrected chi connectivity index (χ1v) is 7.07. The predicted molar refractivity (Wildman–Crippen MR) is 63.9 cm³/mol. The number of thioether (sulfide) groups is 1. The Balaban J connectivity index is 1.88. The molecule has 2 saturated carbocycles. The van der Waals surface area contributed by atoms with E-state index in [1.54, 1.807) is 0 Å². The second kappa shape index (κ2) is 4.34. The van der Waals surface area contributed by atoms with Gasteiger partial charge in [0.15, 0.2) is 0 Å². The highest BCUT2D eigenvalue weighted by Crippen LogP contribution is 2.34. The van der Waals surface area contributed by atoms with Gasteiger partial charge in [0.05, 0.1) is 5.54 Å². The van der Waals surface area contributed by atoms with Gasteiger partial charge in [0.2, 0.25) is 5.91 Å². The molecule has 2 fully saturated rings. The summed E-state index contributed by atoms with van der Waals surface area (Å²) in [7, 11) is 0. The molecule has 2 aliphatic carbocycles. The number of carbonyl (C=O) groups excluding carboxylic acids is 1. The van der Waals surface area contributed by atoms with E-state index < -0.39 is 5.54 Å². The lowest BCUT2D eigenvalue weighted by Crippen LogP contribution is -2.51. The normalized spacial score (nSPS) is 33.5. The zero-order valence-corrected chi connectivity index (χ0v) is 10.1. The molecule has 0 aromatic carbocycles. The number of nitrogens with one attached hydrogen (secondary N) is 1. The highest BCUT2D eigenvalue weighted by molar-refractivity contribution is 7.99. The molecule has 2 atom stereocenters. The fourth-order valence-electron chi connectivity index (χ4n) is 2.22. The molecular weight excluding hydrogens is 208 g/mol. The molecule has 0 radical (unpaired) electrons. The molecule has 0 spiro atoms. The van der Waals surface area contributed by atoms with Gasteiger partial charge >= 0.3 is 0 Å². The number of hydrogen-bond donors (Lipinski definition) is 2. The zero-order valence-electron chi connectivity index (χ0n) is 9.29. The van der Waals surface area contributed by atoms with Crippen LogP contribution in [0.25, 0.3) is 0 Å². The van der Waals surface area contributed by atoms with Crippen LogP contribution in [0.1, 0.15) is 38.5 Å². The maximum absolute atomic E-state index is 11.8. The van der Waals surface area contributed by atoms with Crippen molar-refractivity contribution in [3.63, 3.8) is 0 Å². The van der Waals surface area contributed by atoms with Crippen molar-refractivity contribution < 1.29 is 4.79 Å². The smallest absolute Gasteiger partial charge is 0.240 e. The summed E-state index contributed by atoms with van der Waals surface area (Å²) in [4.78, 5) is 11.8. The number of carbonyl (C=O) groups is 1. The molecule has 2 aliphatic rings. The third kappa shape index (κ3) is 2.48. The largest absolute Gasteiger partial charge is 0.351 e. The molecule has 3 N–H and O–H groups in total. The number of rotatable bonds is 3. The second-order valence-corrected chi connectivity index (χ2v) is 5.87. The molecule has 0 heterocycles. The van der Waals surface area contributed by atoms with Gasteiger partial charge in [-0.25, -0.2) is 0 Å². The van der Waals surface area contributed by atoms with Crippen LogP contribution in [-0.2, 0) is 4.79 Å². The molecule has 0 aromatic rings. The van der Waals surface area contributed by atoms with Crippen LogP contribution >= 0.6 is 11.8 Å². The van der Waals surface area contributed by atoms with Crippen LogP contribution in [0.15, 0.2) is 0 Å². The van der Waals surface area contributed by atoms with Crippen LogP contribution in [-0.4, -0.2) is 29.0 Å². The van der Waals surface area contributed by atoms with E-state index in [9.17, 15) is 4.79 Å². The van der Waals surface area contributed by atoms with E-state index in [1.807, 2.05) is 11.8 Å². The molecule has 15 heavy (non-hydrogen) atoms. The third-order valence-electron chi connectivity index (χ3n) is 3.56. The first-order chi connectivity index (χ1) is 7.15. The first kappa shape index (κ1) is 11.3. The van der Waals surface area contributed by atoms with E-state index in [1.165, 1.54) is 19.3 Å². The molecule has 2 rings (SSSR count). The summed E-state index contributed by atoms with van der Waals surface area (Å²) in [5.74, 6) is 0.0773. The minimum absolute atomic E-state index is 0.0773. The van der Waals surface area contributed by atoms with Crippen molar-refractivity contribution in [2.24, 2.45) is 5.73 Å². The van der Waals surface area contributed by atoms with Gasteiger partial charge in [-0.3, -0.25) is 4.79 Å². The number of hydrogen-bond acceptors (Lipinski definition) is 3. The maximum atomic E-state index is 11.8. The fourth-order valence-corrected chi connectivity index (χ4v) is 3.15. The summed E-state index contributed by atoms with van der Waals surface area (Å²) < 4.78 is 0. The molecule has 0 aliphatic heterocycles. The molecule has 86 valence electrons.